The zero-order valence-electron chi connectivity index (χ0n) is 18.5. The number of carbonyl (C=O) groups excluding carboxylic acids is 1. The molecule has 5 atom stereocenters. The molecule has 0 aliphatic carbocycles. The summed E-state index contributed by atoms with van der Waals surface area (Å²) in [6.45, 7) is 20.3. The van der Waals surface area contributed by atoms with Crippen LogP contribution in [0.3, 0.4) is 0 Å². The number of carbonyl (C=O) groups is 1. The minimum Gasteiger partial charge on any atom is -0.454 e. The highest BCUT2D eigenvalue weighted by Crippen LogP contribution is 2.32. The Balaban J connectivity index is 3.22. The highest BCUT2D eigenvalue weighted by atomic mass is 28.4. The molecule has 0 spiro atoms. The highest BCUT2D eigenvalue weighted by molar-refractivity contribution is 6.70. The molecule has 1 heterocycles. The summed E-state index contributed by atoms with van der Waals surface area (Å²) < 4.78 is 30.0. The molecule has 0 saturated carbocycles. The van der Waals surface area contributed by atoms with Gasteiger partial charge >= 0.3 is 5.97 Å². The molecule has 160 valence electrons. The molecule has 1 fully saturated rings. The first-order valence-corrected chi connectivity index (χ1v) is 19.7. The van der Waals surface area contributed by atoms with Crippen LogP contribution in [0.4, 0.5) is 0 Å². The minimum atomic E-state index is -2.03. The molecule has 0 unspecified atom stereocenters. The van der Waals surface area contributed by atoms with Crippen molar-refractivity contribution in [2.45, 2.75) is 96.6 Å². The third kappa shape index (κ3) is 9.31. The number of esters is 1. The second-order valence-corrected chi connectivity index (χ2v) is 23.4. The molecule has 1 aliphatic rings. The normalized spacial score (nSPS) is 30.3. The minimum absolute atomic E-state index is 0.306. The maximum atomic E-state index is 11.6. The molecule has 0 aromatic rings. The van der Waals surface area contributed by atoms with Crippen LogP contribution >= 0.6 is 0 Å². The summed E-state index contributed by atoms with van der Waals surface area (Å²) in [6, 6.07) is 0. The lowest BCUT2D eigenvalue weighted by molar-refractivity contribution is -0.283. The fraction of sp³-hybridized carbons (Fsp3) is 0.941. The number of rotatable bonds is 8. The van der Waals surface area contributed by atoms with Gasteiger partial charge in [0.1, 0.15) is 18.3 Å². The Labute approximate surface area is 167 Å². The van der Waals surface area contributed by atoms with Crippen molar-refractivity contribution in [1.82, 2.24) is 0 Å². The van der Waals surface area contributed by atoms with E-state index in [0.29, 0.717) is 6.61 Å². The Morgan fingerprint density at radius 3 is 1.74 bits per heavy atom. The summed E-state index contributed by atoms with van der Waals surface area (Å²) in [5, 5.41) is 10.5. The Morgan fingerprint density at radius 2 is 1.33 bits per heavy atom. The SMILES string of the molecule is CC(=O)O[C@@H]1[C@@H](O[Si](C)(C)C)[C@@H](O[Si](C)(C)C)[C@@H](CO[Si](C)(C)C)O[C@H]1O. The van der Waals surface area contributed by atoms with Crippen LogP contribution in [0.2, 0.25) is 58.9 Å². The van der Waals surface area contributed by atoms with Gasteiger partial charge in [-0.1, -0.05) is 0 Å². The smallest absolute Gasteiger partial charge is 0.303 e. The van der Waals surface area contributed by atoms with E-state index in [0.717, 1.165) is 0 Å². The first-order valence-electron chi connectivity index (χ1n) is 9.49. The second-order valence-electron chi connectivity index (χ2n) is 9.95. The third-order valence-corrected chi connectivity index (χ3v) is 6.56. The van der Waals surface area contributed by atoms with E-state index in [2.05, 4.69) is 58.9 Å². The van der Waals surface area contributed by atoms with Gasteiger partial charge in [0, 0.05) is 6.92 Å². The van der Waals surface area contributed by atoms with Crippen LogP contribution in [0.5, 0.6) is 0 Å². The van der Waals surface area contributed by atoms with Crippen LogP contribution in [0.25, 0.3) is 0 Å². The number of hydrogen-bond donors (Lipinski definition) is 1. The molecular formula is C17H38O7Si3. The van der Waals surface area contributed by atoms with E-state index in [9.17, 15) is 9.90 Å². The van der Waals surface area contributed by atoms with Crippen LogP contribution in [0, 0.1) is 0 Å². The topological polar surface area (TPSA) is 83.5 Å². The molecule has 0 amide bonds. The molecule has 0 aromatic heterocycles. The summed E-state index contributed by atoms with van der Waals surface area (Å²) in [5.74, 6) is -0.490. The Kier molecular flexibility index (Phi) is 8.47. The molecule has 7 nitrogen and oxygen atoms in total. The third-order valence-electron chi connectivity index (χ3n) is 3.57. The summed E-state index contributed by atoms with van der Waals surface area (Å²) in [5.41, 5.74) is 0. The van der Waals surface area contributed by atoms with Crippen molar-refractivity contribution in [2.24, 2.45) is 0 Å². The van der Waals surface area contributed by atoms with Crippen molar-refractivity contribution in [3.05, 3.63) is 0 Å². The van der Waals surface area contributed by atoms with Gasteiger partial charge in [0.05, 0.1) is 6.61 Å². The van der Waals surface area contributed by atoms with Gasteiger partial charge in [-0.15, -0.1) is 0 Å². The van der Waals surface area contributed by atoms with Gasteiger partial charge in [0.25, 0.3) is 0 Å². The first-order chi connectivity index (χ1) is 12.0. The molecule has 1 saturated heterocycles. The molecular weight excluding hydrogens is 400 g/mol. The van der Waals surface area contributed by atoms with Crippen LogP contribution < -0.4 is 0 Å². The lowest BCUT2D eigenvalue weighted by Gasteiger charge is -2.48. The van der Waals surface area contributed by atoms with Crippen molar-refractivity contribution in [1.29, 1.82) is 0 Å². The Hall–Kier alpha value is -0.0794. The molecule has 27 heavy (non-hydrogen) atoms. The zero-order chi connectivity index (χ0) is 21.2. The summed E-state index contributed by atoms with van der Waals surface area (Å²) in [4.78, 5) is 11.6. The molecule has 1 rings (SSSR count). The van der Waals surface area contributed by atoms with E-state index >= 15 is 0 Å². The van der Waals surface area contributed by atoms with Gasteiger partial charge in [-0.3, -0.25) is 4.79 Å². The largest absolute Gasteiger partial charge is 0.454 e. The molecule has 1 aliphatic heterocycles. The quantitative estimate of drug-likeness (QED) is 0.461. The van der Waals surface area contributed by atoms with Crippen molar-refractivity contribution in [3.8, 4) is 0 Å². The second kappa shape index (κ2) is 9.16. The van der Waals surface area contributed by atoms with E-state index in [1.165, 1.54) is 6.92 Å². The molecule has 10 heteroatoms. The fourth-order valence-corrected chi connectivity index (χ4v) is 5.62. The highest BCUT2D eigenvalue weighted by Gasteiger charge is 2.51. The van der Waals surface area contributed by atoms with E-state index in [4.69, 9.17) is 22.8 Å². The lowest BCUT2D eigenvalue weighted by Crippen LogP contribution is -2.65. The molecule has 1 N–H and O–H groups in total. The molecule has 0 aromatic carbocycles. The number of ether oxygens (including phenoxy) is 2. The lowest BCUT2D eigenvalue weighted by atomic mass is 9.99. The van der Waals surface area contributed by atoms with E-state index in [-0.39, 0.29) is 0 Å². The average molecular weight is 439 g/mol. The van der Waals surface area contributed by atoms with Gasteiger partial charge < -0.3 is 27.9 Å². The van der Waals surface area contributed by atoms with Gasteiger partial charge in [-0.05, 0) is 58.9 Å². The van der Waals surface area contributed by atoms with Crippen molar-refractivity contribution >= 4 is 30.9 Å². The van der Waals surface area contributed by atoms with Crippen LogP contribution in [0.1, 0.15) is 6.92 Å². The molecule has 0 bridgehead atoms. The molecule has 0 radical (unpaired) electrons. The monoisotopic (exact) mass is 438 g/mol. The number of aliphatic hydroxyl groups is 1. The van der Waals surface area contributed by atoms with Crippen LogP contribution in [-0.4, -0.2) is 73.3 Å². The van der Waals surface area contributed by atoms with Crippen LogP contribution in [0.15, 0.2) is 0 Å². The zero-order valence-corrected chi connectivity index (χ0v) is 21.5. The van der Waals surface area contributed by atoms with Crippen molar-refractivity contribution in [2.75, 3.05) is 6.61 Å². The first kappa shape index (κ1) is 25.0. The number of aliphatic hydroxyl groups excluding tert-OH is 1. The van der Waals surface area contributed by atoms with Crippen molar-refractivity contribution < 1.29 is 32.7 Å². The van der Waals surface area contributed by atoms with E-state index < -0.39 is 61.6 Å². The maximum absolute atomic E-state index is 11.6. The average Bonchev–Trinajstić information content (AvgIpc) is 2.40. The van der Waals surface area contributed by atoms with Crippen molar-refractivity contribution in [3.63, 3.8) is 0 Å². The van der Waals surface area contributed by atoms with Gasteiger partial charge in [-0.2, -0.15) is 0 Å². The predicted octanol–water partition coefficient (Wildman–Crippen LogP) is 2.93. The number of hydrogen-bond acceptors (Lipinski definition) is 7. The van der Waals surface area contributed by atoms with E-state index in [1.54, 1.807) is 0 Å². The van der Waals surface area contributed by atoms with Gasteiger partial charge in [0.15, 0.2) is 37.3 Å². The van der Waals surface area contributed by atoms with Gasteiger partial charge in [0.2, 0.25) is 0 Å². The van der Waals surface area contributed by atoms with Crippen LogP contribution in [-0.2, 0) is 27.5 Å². The Bertz CT molecular complexity index is 496. The van der Waals surface area contributed by atoms with Gasteiger partial charge in [-0.25, -0.2) is 0 Å². The standard InChI is InChI=1S/C17H38O7Si3/c1-12(18)21-16-15(24-27(8,9)10)14(23-26(5,6)7)13(22-17(16)19)11-20-25(2,3)4/h13-17,19H,11H2,1-10H3/t13-,14+,15+,16-,17-/m1/s1. The maximum Gasteiger partial charge on any atom is 0.303 e. The summed E-state index contributed by atoms with van der Waals surface area (Å²) in [6.07, 6.45) is -3.80. The summed E-state index contributed by atoms with van der Waals surface area (Å²) in [7, 11) is -5.80. The predicted molar refractivity (Wildman–Crippen MR) is 112 cm³/mol. The summed E-state index contributed by atoms with van der Waals surface area (Å²) >= 11 is 0. The Morgan fingerprint density at radius 1 is 0.852 bits per heavy atom. The fourth-order valence-electron chi connectivity index (χ4n) is 2.77. The van der Waals surface area contributed by atoms with E-state index in [1.807, 2.05) is 0 Å².